The molecule has 0 spiro atoms. The molecule has 7 heavy (non-hydrogen) atoms. The van der Waals surface area contributed by atoms with Gasteiger partial charge >= 0.3 is 5.97 Å². The van der Waals surface area contributed by atoms with E-state index in [2.05, 4.69) is 0 Å². The molecule has 0 aliphatic heterocycles. The van der Waals surface area contributed by atoms with Gasteiger partial charge in [-0.3, -0.25) is 4.79 Å². The maximum Gasteiger partial charge on any atom is 0.320 e. The van der Waals surface area contributed by atoms with Crippen molar-refractivity contribution in [1.82, 2.24) is 0 Å². The second-order valence-electron chi connectivity index (χ2n) is 1.13. The number of carboxylic acid groups (broad SMARTS) is 1. The first-order valence-corrected chi connectivity index (χ1v) is 1.63. The fraction of sp³-hybridized carbons (Fsp3) is 0.667. The van der Waals surface area contributed by atoms with Crippen LogP contribution >= 0.6 is 0 Å². The van der Waals surface area contributed by atoms with E-state index < -0.39 is 12.0 Å². The Kier molecular flexibility index (Phi) is 5.91. The third-order valence-electron chi connectivity index (χ3n) is 0.390. The van der Waals surface area contributed by atoms with Gasteiger partial charge in [0.1, 0.15) is 6.04 Å². The monoisotopic (exact) mass is 152 g/mol. The van der Waals surface area contributed by atoms with Gasteiger partial charge in [-0.2, -0.15) is 0 Å². The number of nitrogens with two attached hydrogens (primary N) is 1. The Morgan fingerprint density at radius 3 is 2.00 bits per heavy atom. The van der Waals surface area contributed by atoms with Crippen molar-refractivity contribution in [3.8, 4) is 0 Å². The van der Waals surface area contributed by atoms with E-state index in [9.17, 15) is 4.79 Å². The normalized spacial score (nSPS) is 11.7. The van der Waals surface area contributed by atoms with E-state index in [-0.39, 0.29) is 17.1 Å². The van der Waals surface area contributed by atoms with Crippen molar-refractivity contribution in [3.63, 3.8) is 0 Å². The van der Waals surface area contributed by atoms with Crippen molar-refractivity contribution < 1.29 is 27.0 Å². The minimum Gasteiger partial charge on any atom is -0.480 e. The summed E-state index contributed by atoms with van der Waals surface area (Å²) in [6.45, 7) is 1.42. The summed E-state index contributed by atoms with van der Waals surface area (Å²) >= 11 is 0. The molecule has 1 unspecified atom stereocenters. The van der Waals surface area contributed by atoms with Gasteiger partial charge in [0, 0.05) is 17.1 Å². The summed E-state index contributed by atoms with van der Waals surface area (Å²) in [4.78, 5) is 9.57. The number of carbonyl (C=O) groups is 1. The average Bonchev–Trinajstić information content (AvgIpc) is 1.36. The molecule has 0 saturated heterocycles. The number of hydrogen-bond donors (Lipinski definition) is 2. The predicted octanol–water partition coefficient (Wildman–Crippen LogP) is -0.584. The van der Waals surface area contributed by atoms with Crippen molar-refractivity contribution in [1.29, 1.82) is 0 Å². The van der Waals surface area contributed by atoms with Gasteiger partial charge in [0.2, 0.25) is 0 Å². The molecule has 3 nitrogen and oxygen atoms in total. The van der Waals surface area contributed by atoms with Crippen LogP contribution in [0.5, 0.6) is 0 Å². The Labute approximate surface area is 52.4 Å². The van der Waals surface area contributed by atoms with Crippen LogP contribution in [0.1, 0.15) is 6.92 Å². The molecule has 0 aromatic rings. The molecule has 0 bridgehead atoms. The first kappa shape index (κ1) is 10.0. The van der Waals surface area contributed by atoms with Crippen LogP contribution in [0.3, 0.4) is 0 Å². The summed E-state index contributed by atoms with van der Waals surface area (Å²) in [6.07, 6.45) is 0. The van der Waals surface area contributed by atoms with E-state index in [0.717, 1.165) is 0 Å². The molecule has 3 N–H and O–H groups in total. The summed E-state index contributed by atoms with van der Waals surface area (Å²) in [5.74, 6) is -0.963. The Balaban J connectivity index is 0. The van der Waals surface area contributed by atoms with E-state index in [4.69, 9.17) is 10.8 Å². The van der Waals surface area contributed by atoms with Crippen LogP contribution in [0.4, 0.5) is 0 Å². The Morgan fingerprint density at radius 2 is 2.00 bits per heavy atom. The number of hydrogen-bond acceptors (Lipinski definition) is 2. The molecule has 0 aromatic heterocycles. The molecule has 0 fully saturated rings. The van der Waals surface area contributed by atoms with Crippen LogP contribution in [-0.4, -0.2) is 17.1 Å². The van der Waals surface area contributed by atoms with E-state index in [0.29, 0.717) is 0 Å². The fourth-order valence-electron chi connectivity index (χ4n) is 0. The van der Waals surface area contributed by atoms with Crippen LogP contribution in [0, 0.1) is 0 Å². The minimum atomic E-state index is -0.963. The summed E-state index contributed by atoms with van der Waals surface area (Å²) < 4.78 is 0. The molecule has 0 aromatic carbocycles. The molecule has 4 heteroatoms. The van der Waals surface area contributed by atoms with Crippen LogP contribution in [0.2, 0.25) is 0 Å². The standard InChI is InChI=1S/C3H7NO2.Cu/c1-2(4)3(5)6;/h2H,4H2,1H3,(H,5,6);. The number of carboxylic acids is 1. The van der Waals surface area contributed by atoms with E-state index in [1.807, 2.05) is 0 Å². The zero-order valence-electron chi connectivity index (χ0n) is 3.81. The van der Waals surface area contributed by atoms with Gasteiger partial charge in [-0.1, -0.05) is 0 Å². The maximum atomic E-state index is 9.57. The summed E-state index contributed by atoms with van der Waals surface area (Å²) in [5.41, 5.74) is 4.84. The molecule has 0 aliphatic carbocycles. The number of rotatable bonds is 1. The second kappa shape index (κ2) is 4.12. The average molecular weight is 153 g/mol. The molecular weight excluding hydrogens is 146 g/mol. The molecule has 0 amide bonds. The van der Waals surface area contributed by atoms with Gasteiger partial charge in [0.15, 0.2) is 0 Å². The summed E-state index contributed by atoms with van der Waals surface area (Å²) in [7, 11) is 0. The Bertz CT molecular complexity index is 64.0. The molecule has 1 radical (unpaired) electrons. The molecule has 0 rings (SSSR count). The third-order valence-corrected chi connectivity index (χ3v) is 0.390. The third kappa shape index (κ3) is 5.95. The zero-order valence-corrected chi connectivity index (χ0v) is 4.75. The van der Waals surface area contributed by atoms with Crippen LogP contribution in [0.25, 0.3) is 0 Å². The van der Waals surface area contributed by atoms with Gasteiger partial charge in [0.25, 0.3) is 0 Å². The first-order valence-electron chi connectivity index (χ1n) is 1.63. The van der Waals surface area contributed by atoms with Crippen LogP contribution in [-0.2, 0) is 21.9 Å². The molecule has 47 valence electrons. The fourth-order valence-corrected chi connectivity index (χ4v) is 0. The molecule has 0 saturated carbocycles. The minimum absolute atomic E-state index is 0. The van der Waals surface area contributed by atoms with Crippen molar-refractivity contribution in [3.05, 3.63) is 0 Å². The van der Waals surface area contributed by atoms with E-state index in [1.54, 1.807) is 0 Å². The Hall–Kier alpha value is -0.0505. The smallest absolute Gasteiger partial charge is 0.320 e. The van der Waals surface area contributed by atoms with Crippen LogP contribution in [0.15, 0.2) is 0 Å². The zero-order chi connectivity index (χ0) is 5.15. The summed E-state index contributed by atoms with van der Waals surface area (Å²) in [5, 5.41) is 7.87. The van der Waals surface area contributed by atoms with Gasteiger partial charge in [-0.25, -0.2) is 0 Å². The van der Waals surface area contributed by atoms with Crippen LogP contribution < -0.4 is 5.73 Å². The molecular formula is C3H7CuNO2. The van der Waals surface area contributed by atoms with E-state index in [1.165, 1.54) is 6.92 Å². The summed E-state index contributed by atoms with van der Waals surface area (Å²) in [6, 6.07) is -0.731. The Morgan fingerprint density at radius 1 is 1.86 bits per heavy atom. The van der Waals surface area contributed by atoms with Gasteiger partial charge in [-0.15, -0.1) is 0 Å². The maximum absolute atomic E-state index is 9.57. The van der Waals surface area contributed by atoms with Crippen molar-refractivity contribution >= 4 is 5.97 Å². The van der Waals surface area contributed by atoms with Gasteiger partial charge in [0.05, 0.1) is 0 Å². The quantitative estimate of drug-likeness (QED) is 0.494. The SMILES string of the molecule is CC(N)C(=O)O.[Cu]. The first-order chi connectivity index (χ1) is 2.64. The number of aliphatic carboxylic acids is 1. The van der Waals surface area contributed by atoms with Crippen molar-refractivity contribution in [2.24, 2.45) is 5.73 Å². The van der Waals surface area contributed by atoms with E-state index >= 15 is 0 Å². The molecule has 0 aliphatic rings. The topological polar surface area (TPSA) is 63.3 Å². The molecule has 1 atom stereocenters. The van der Waals surface area contributed by atoms with Crippen molar-refractivity contribution in [2.75, 3.05) is 0 Å². The van der Waals surface area contributed by atoms with Gasteiger partial charge < -0.3 is 10.8 Å². The predicted molar refractivity (Wildman–Crippen MR) is 21.3 cm³/mol. The molecule has 0 heterocycles. The second-order valence-corrected chi connectivity index (χ2v) is 1.13. The van der Waals surface area contributed by atoms with Crippen molar-refractivity contribution in [2.45, 2.75) is 13.0 Å². The van der Waals surface area contributed by atoms with Gasteiger partial charge in [-0.05, 0) is 6.92 Å². The largest absolute Gasteiger partial charge is 0.480 e.